The Hall–Kier alpha value is -1.29. The minimum Gasteiger partial charge on any atom is -0.354 e. The maximum absolute atomic E-state index is 8.81. The van der Waals surface area contributed by atoms with Crippen LogP contribution in [0.4, 0.5) is 0 Å². The van der Waals surface area contributed by atoms with Gasteiger partial charge in [-0.15, -0.1) is 24.0 Å². The van der Waals surface area contributed by atoms with Crippen LogP contribution in [-0.4, -0.2) is 19.0 Å². The molecule has 5 heteroatoms. The van der Waals surface area contributed by atoms with E-state index in [-0.39, 0.29) is 24.0 Å². The number of rotatable bonds is 4. The standard InChI is InChI=1S/C18H26N4.HI/c1-3-14-5-4-6-17(11-14)22-18(20-2)21-13-16-9-7-15(12-19)8-10-16;/h7-10,14,17H,3-6,11,13H2,1-2H3,(H2,20,21,22);1H. The number of nitrogens with zero attached hydrogens (tertiary/aromatic N) is 2. The predicted molar refractivity (Wildman–Crippen MR) is 106 cm³/mol. The van der Waals surface area contributed by atoms with Crippen LogP contribution in [0, 0.1) is 17.2 Å². The highest BCUT2D eigenvalue weighted by molar-refractivity contribution is 14.0. The van der Waals surface area contributed by atoms with E-state index >= 15 is 0 Å². The topological polar surface area (TPSA) is 60.2 Å². The fourth-order valence-corrected chi connectivity index (χ4v) is 3.06. The Bertz CT molecular complexity index is 533. The van der Waals surface area contributed by atoms with Crippen LogP contribution < -0.4 is 10.6 Å². The summed E-state index contributed by atoms with van der Waals surface area (Å²) in [6.07, 6.45) is 6.42. The zero-order valence-electron chi connectivity index (χ0n) is 14.0. The zero-order valence-corrected chi connectivity index (χ0v) is 16.3. The molecule has 2 unspecified atom stereocenters. The minimum absolute atomic E-state index is 0. The Morgan fingerprint density at radius 2 is 2.04 bits per heavy atom. The number of halogens is 1. The SMILES string of the molecule is CCC1CCCC(NC(=NC)NCc2ccc(C#N)cc2)C1.I. The molecule has 0 saturated heterocycles. The number of nitriles is 1. The summed E-state index contributed by atoms with van der Waals surface area (Å²) in [5.41, 5.74) is 1.84. The molecule has 0 bridgehead atoms. The maximum Gasteiger partial charge on any atom is 0.191 e. The lowest BCUT2D eigenvalue weighted by Crippen LogP contribution is -2.45. The van der Waals surface area contributed by atoms with Crippen molar-refractivity contribution in [3.05, 3.63) is 35.4 Å². The Balaban J connectivity index is 0.00000264. The normalized spacial score (nSPS) is 21.0. The molecule has 0 amide bonds. The van der Waals surface area contributed by atoms with Gasteiger partial charge in [0.1, 0.15) is 0 Å². The smallest absolute Gasteiger partial charge is 0.191 e. The molecule has 4 nitrogen and oxygen atoms in total. The summed E-state index contributed by atoms with van der Waals surface area (Å²) >= 11 is 0. The summed E-state index contributed by atoms with van der Waals surface area (Å²) in [5.74, 6) is 1.72. The van der Waals surface area contributed by atoms with Crippen molar-refractivity contribution in [2.24, 2.45) is 10.9 Å². The van der Waals surface area contributed by atoms with Crippen molar-refractivity contribution in [2.75, 3.05) is 7.05 Å². The molecule has 2 atom stereocenters. The first kappa shape index (κ1) is 19.8. The molecule has 0 aliphatic heterocycles. The van der Waals surface area contributed by atoms with Crippen LogP contribution in [0.3, 0.4) is 0 Å². The van der Waals surface area contributed by atoms with Crippen LogP contribution >= 0.6 is 24.0 Å². The van der Waals surface area contributed by atoms with Gasteiger partial charge in [-0.3, -0.25) is 4.99 Å². The van der Waals surface area contributed by atoms with Gasteiger partial charge < -0.3 is 10.6 Å². The van der Waals surface area contributed by atoms with Gasteiger partial charge in [-0.2, -0.15) is 5.26 Å². The fourth-order valence-electron chi connectivity index (χ4n) is 3.06. The van der Waals surface area contributed by atoms with Crippen molar-refractivity contribution in [1.29, 1.82) is 5.26 Å². The minimum atomic E-state index is 0. The summed E-state index contributed by atoms with van der Waals surface area (Å²) in [6, 6.07) is 10.3. The highest BCUT2D eigenvalue weighted by Crippen LogP contribution is 2.26. The second kappa shape index (κ2) is 10.5. The van der Waals surface area contributed by atoms with E-state index in [1.165, 1.54) is 32.1 Å². The largest absolute Gasteiger partial charge is 0.354 e. The number of hydrogen-bond acceptors (Lipinski definition) is 2. The van der Waals surface area contributed by atoms with Crippen molar-refractivity contribution in [2.45, 2.75) is 51.6 Å². The Labute approximate surface area is 156 Å². The molecule has 0 heterocycles. The van der Waals surface area contributed by atoms with E-state index in [0.717, 1.165) is 24.0 Å². The van der Waals surface area contributed by atoms with Crippen molar-refractivity contribution >= 4 is 29.9 Å². The fraction of sp³-hybridized carbons (Fsp3) is 0.556. The first-order valence-electron chi connectivity index (χ1n) is 8.21. The van der Waals surface area contributed by atoms with E-state index in [4.69, 9.17) is 5.26 Å². The van der Waals surface area contributed by atoms with Crippen molar-refractivity contribution in [3.63, 3.8) is 0 Å². The van der Waals surface area contributed by atoms with Gasteiger partial charge in [-0.05, 0) is 36.5 Å². The number of benzene rings is 1. The third-order valence-electron chi connectivity index (χ3n) is 4.47. The molecule has 1 aromatic carbocycles. The quantitative estimate of drug-likeness (QED) is 0.437. The summed E-state index contributed by atoms with van der Waals surface area (Å²) in [7, 11) is 1.81. The van der Waals surface area contributed by atoms with E-state index in [1.807, 2.05) is 31.3 Å². The zero-order chi connectivity index (χ0) is 15.8. The molecule has 126 valence electrons. The molecule has 23 heavy (non-hydrogen) atoms. The lowest BCUT2D eigenvalue weighted by atomic mass is 9.84. The number of aliphatic imine (C=N–C) groups is 1. The van der Waals surface area contributed by atoms with E-state index in [0.29, 0.717) is 11.6 Å². The molecular formula is C18H27IN4. The molecule has 1 aliphatic carbocycles. The number of hydrogen-bond donors (Lipinski definition) is 2. The van der Waals surface area contributed by atoms with Gasteiger partial charge in [0.2, 0.25) is 0 Å². The predicted octanol–water partition coefficient (Wildman–Crippen LogP) is 3.81. The Kier molecular flexibility index (Phi) is 9.00. The molecule has 0 aromatic heterocycles. The third kappa shape index (κ3) is 6.38. The van der Waals surface area contributed by atoms with Gasteiger partial charge in [0, 0.05) is 19.6 Å². The van der Waals surface area contributed by atoms with Crippen LogP contribution in [0.2, 0.25) is 0 Å². The Morgan fingerprint density at radius 3 is 2.65 bits per heavy atom. The maximum atomic E-state index is 8.81. The summed E-state index contributed by atoms with van der Waals surface area (Å²) < 4.78 is 0. The van der Waals surface area contributed by atoms with Gasteiger partial charge >= 0.3 is 0 Å². The van der Waals surface area contributed by atoms with Crippen molar-refractivity contribution in [3.8, 4) is 6.07 Å². The van der Waals surface area contributed by atoms with Gasteiger partial charge in [0.15, 0.2) is 5.96 Å². The van der Waals surface area contributed by atoms with E-state index in [2.05, 4.69) is 28.6 Å². The first-order valence-corrected chi connectivity index (χ1v) is 8.21. The van der Waals surface area contributed by atoms with Crippen LogP contribution in [0.5, 0.6) is 0 Å². The highest BCUT2D eigenvalue weighted by atomic mass is 127. The number of guanidine groups is 1. The summed E-state index contributed by atoms with van der Waals surface area (Å²) in [5, 5.41) is 15.7. The van der Waals surface area contributed by atoms with E-state index in [1.54, 1.807) is 0 Å². The van der Waals surface area contributed by atoms with Crippen LogP contribution in [0.1, 0.15) is 50.2 Å². The molecule has 1 fully saturated rings. The summed E-state index contributed by atoms with van der Waals surface area (Å²) in [6.45, 7) is 3.00. The van der Waals surface area contributed by atoms with Gasteiger partial charge in [0.05, 0.1) is 11.6 Å². The third-order valence-corrected chi connectivity index (χ3v) is 4.47. The lowest BCUT2D eigenvalue weighted by Gasteiger charge is -2.30. The molecule has 2 N–H and O–H groups in total. The van der Waals surface area contributed by atoms with Crippen LogP contribution in [-0.2, 0) is 6.54 Å². The summed E-state index contributed by atoms with van der Waals surface area (Å²) in [4.78, 5) is 4.32. The Morgan fingerprint density at radius 1 is 1.30 bits per heavy atom. The van der Waals surface area contributed by atoms with Crippen LogP contribution in [0.15, 0.2) is 29.3 Å². The molecule has 0 spiro atoms. The molecular weight excluding hydrogens is 399 g/mol. The van der Waals surface area contributed by atoms with E-state index in [9.17, 15) is 0 Å². The second-order valence-electron chi connectivity index (χ2n) is 6.02. The second-order valence-corrected chi connectivity index (χ2v) is 6.02. The monoisotopic (exact) mass is 426 g/mol. The van der Waals surface area contributed by atoms with Gasteiger partial charge in [-0.1, -0.05) is 38.3 Å². The average molecular weight is 426 g/mol. The number of nitrogens with one attached hydrogen (secondary N) is 2. The molecule has 2 rings (SSSR count). The lowest BCUT2D eigenvalue weighted by molar-refractivity contribution is 0.298. The average Bonchev–Trinajstić information content (AvgIpc) is 2.59. The van der Waals surface area contributed by atoms with Crippen LogP contribution in [0.25, 0.3) is 0 Å². The first-order chi connectivity index (χ1) is 10.7. The highest BCUT2D eigenvalue weighted by Gasteiger charge is 2.21. The molecule has 1 aromatic rings. The van der Waals surface area contributed by atoms with Gasteiger partial charge in [0.25, 0.3) is 0 Å². The molecule has 0 radical (unpaired) electrons. The molecule has 1 saturated carbocycles. The van der Waals surface area contributed by atoms with Crippen molar-refractivity contribution < 1.29 is 0 Å². The van der Waals surface area contributed by atoms with Gasteiger partial charge in [-0.25, -0.2) is 0 Å². The molecule has 1 aliphatic rings. The van der Waals surface area contributed by atoms with Crippen molar-refractivity contribution in [1.82, 2.24) is 10.6 Å². The van der Waals surface area contributed by atoms with E-state index < -0.39 is 0 Å².